The minimum Gasteiger partial charge on any atom is -0.346 e. The summed E-state index contributed by atoms with van der Waals surface area (Å²) in [6.45, 7) is 4.65. The predicted octanol–water partition coefficient (Wildman–Crippen LogP) is 2.56. The Labute approximate surface area is 132 Å². The van der Waals surface area contributed by atoms with Gasteiger partial charge >= 0.3 is 0 Å². The number of hydrogen-bond acceptors (Lipinski definition) is 3. The van der Waals surface area contributed by atoms with Gasteiger partial charge in [0.1, 0.15) is 0 Å². The number of amides is 2. The first kappa shape index (κ1) is 17.7. The van der Waals surface area contributed by atoms with Gasteiger partial charge in [-0.3, -0.25) is 9.59 Å². The zero-order valence-corrected chi connectivity index (χ0v) is 13.5. The molecular weight excluding hydrogens is 278 g/mol. The van der Waals surface area contributed by atoms with Crippen LogP contribution in [0.15, 0.2) is 24.3 Å². The molecule has 22 heavy (non-hydrogen) atoms. The second-order valence-corrected chi connectivity index (χ2v) is 5.25. The summed E-state index contributed by atoms with van der Waals surface area (Å²) in [6.07, 6.45) is 2.32. The van der Waals surface area contributed by atoms with Crippen LogP contribution in [0.4, 0.5) is 5.69 Å². The van der Waals surface area contributed by atoms with E-state index in [2.05, 4.69) is 6.92 Å². The molecule has 0 heterocycles. The van der Waals surface area contributed by atoms with Crippen LogP contribution in [0.5, 0.6) is 0 Å². The maximum atomic E-state index is 12.1. The molecule has 0 spiro atoms. The fourth-order valence-electron chi connectivity index (χ4n) is 2.10. The van der Waals surface area contributed by atoms with Gasteiger partial charge in [0.25, 0.3) is 0 Å². The fourth-order valence-corrected chi connectivity index (χ4v) is 2.10. The van der Waals surface area contributed by atoms with Gasteiger partial charge in [-0.15, -0.1) is 0 Å². The van der Waals surface area contributed by atoms with Gasteiger partial charge in [-0.2, -0.15) is 5.26 Å². The quantitative estimate of drug-likeness (QED) is 0.777. The van der Waals surface area contributed by atoms with E-state index >= 15 is 0 Å². The van der Waals surface area contributed by atoms with Crippen LogP contribution < -0.4 is 4.90 Å². The number of unbranched alkanes of at least 4 members (excludes halogenated alkanes) is 1. The Morgan fingerprint density at radius 3 is 2.32 bits per heavy atom. The van der Waals surface area contributed by atoms with Crippen LogP contribution in [-0.4, -0.2) is 36.9 Å². The van der Waals surface area contributed by atoms with Crippen molar-refractivity contribution in [3.8, 4) is 6.07 Å². The molecule has 0 saturated heterocycles. The average molecular weight is 301 g/mol. The van der Waals surface area contributed by atoms with Crippen molar-refractivity contribution in [2.75, 3.05) is 25.0 Å². The molecule has 0 saturated carbocycles. The van der Waals surface area contributed by atoms with Crippen molar-refractivity contribution in [3.63, 3.8) is 0 Å². The minimum atomic E-state index is -0.117. The second-order valence-electron chi connectivity index (χ2n) is 5.25. The van der Waals surface area contributed by atoms with E-state index in [1.165, 1.54) is 6.92 Å². The minimum absolute atomic E-state index is 0.0355. The van der Waals surface area contributed by atoms with E-state index in [9.17, 15) is 9.59 Å². The molecule has 0 fully saturated rings. The smallest absolute Gasteiger partial charge is 0.224 e. The summed E-state index contributed by atoms with van der Waals surface area (Å²) in [6, 6.07) is 8.83. The Hall–Kier alpha value is -2.35. The Morgan fingerprint density at radius 1 is 1.18 bits per heavy atom. The number of nitrogens with zero attached hydrogens (tertiary/aromatic N) is 3. The Morgan fingerprint density at radius 2 is 1.82 bits per heavy atom. The number of benzene rings is 1. The molecular formula is C17H23N3O2. The van der Waals surface area contributed by atoms with E-state index in [-0.39, 0.29) is 11.8 Å². The van der Waals surface area contributed by atoms with Crippen LogP contribution in [0.3, 0.4) is 0 Å². The molecule has 0 aliphatic carbocycles. The topological polar surface area (TPSA) is 64.4 Å². The highest BCUT2D eigenvalue weighted by Gasteiger charge is 2.15. The number of hydrogen-bond donors (Lipinski definition) is 0. The molecule has 0 aliphatic heterocycles. The highest BCUT2D eigenvalue weighted by atomic mass is 16.2. The normalized spacial score (nSPS) is 9.91. The van der Waals surface area contributed by atoms with Crippen molar-refractivity contribution in [2.45, 2.75) is 33.1 Å². The van der Waals surface area contributed by atoms with E-state index in [1.54, 1.807) is 41.1 Å². The largest absolute Gasteiger partial charge is 0.346 e. The molecule has 1 rings (SSSR count). The van der Waals surface area contributed by atoms with Gasteiger partial charge in [-0.1, -0.05) is 13.3 Å². The van der Waals surface area contributed by atoms with Gasteiger partial charge in [0, 0.05) is 39.2 Å². The summed E-state index contributed by atoms with van der Waals surface area (Å²) >= 11 is 0. The molecule has 2 amide bonds. The van der Waals surface area contributed by atoms with Crippen molar-refractivity contribution in [1.29, 1.82) is 5.26 Å². The fraction of sp³-hybridized carbons (Fsp3) is 0.471. The summed E-state index contributed by atoms with van der Waals surface area (Å²) < 4.78 is 0. The maximum absolute atomic E-state index is 12.1. The van der Waals surface area contributed by atoms with Gasteiger partial charge in [0.05, 0.1) is 11.6 Å². The monoisotopic (exact) mass is 301 g/mol. The van der Waals surface area contributed by atoms with E-state index in [0.29, 0.717) is 24.2 Å². The standard InChI is InChI=1S/C17H23N3O2/c1-4-5-11-19(3)17(22)10-12-20(14(2)21)16-8-6-15(13-18)7-9-16/h6-9H,4-5,10-12H2,1-3H3. The van der Waals surface area contributed by atoms with E-state index in [4.69, 9.17) is 5.26 Å². The van der Waals surface area contributed by atoms with Crippen LogP contribution >= 0.6 is 0 Å². The molecule has 1 aromatic carbocycles. The van der Waals surface area contributed by atoms with Gasteiger partial charge in [0.15, 0.2) is 0 Å². The Bertz CT molecular complexity index is 546. The molecule has 0 unspecified atom stereocenters. The zero-order chi connectivity index (χ0) is 16.5. The van der Waals surface area contributed by atoms with Crippen LogP contribution in [0.1, 0.15) is 38.7 Å². The number of carbonyl (C=O) groups is 2. The molecule has 0 radical (unpaired) electrons. The van der Waals surface area contributed by atoms with Crippen molar-refractivity contribution < 1.29 is 9.59 Å². The lowest BCUT2D eigenvalue weighted by Crippen LogP contribution is -2.35. The van der Waals surface area contributed by atoms with Crippen LogP contribution in [0.25, 0.3) is 0 Å². The molecule has 1 aromatic rings. The van der Waals surface area contributed by atoms with Crippen molar-refractivity contribution in [1.82, 2.24) is 4.90 Å². The van der Waals surface area contributed by atoms with Crippen LogP contribution in [0.2, 0.25) is 0 Å². The van der Waals surface area contributed by atoms with E-state index in [1.807, 2.05) is 6.07 Å². The molecule has 0 atom stereocenters. The van der Waals surface area contributed by atoms with Crippen LogP contribution in [0, 0.1) is 11.3 Å². The van der Waals surface area contributed by atoms with Crippen molar-refractivity contribution in [2.24, 2.45) is 0 Å². The van der Waals surface area contributed by atoms with Crippen molar-refractivity contribution in [3.05, 3.63) is 29.8 Å². The third kappa shape index (κ3) is 5.21. The number of carbonyl (C=O) groups excluding carboxylic acids is 2. The van der Waals surface area contributed by atoms with Crippen molar-refractivity contribution >= 4 is 17.5 Å². The molecule has 118 valence electrons. The maximum Gasteiger partial charge on any atom is 0.224 e. The first-order chi connectivity index (χ1) is 10.5. The Kier molecular flexibility index (Phi) is 7.11. The SMILES string of the molecule is CCCCN(C)C(=O)CCN(C(C)=O)c1ccc(C#N)cc1. The summed E-state index contributed by atoms with van der Waals surface area (Å²) in [5.74, 6) is -0.0814. The predicted molar refractivity (Wildman–Crippen MR) is 86.3 cm³/mol. The molecule has 5 heteroatoms. The molecule has 0 aliphatic rings. The Balaban J connectivity index is 2.67. The van der Waals surface area contributed by atoms with Gasteiger partial charge in [-0.05, 0) is 30.7 Å². The molecule has 0 bridgehead atoms. The van der Waals surface area contributed by atoms with Crippen LogP contribution in [-0.2, 0) is 9.59 Å². The summed E-state index contributed by atoms with van der Waals surface area (Å²) in [4.78, 5) is 27.1. The summed E-state index contributed by atoms with van der Waals surface area (Å²) in [7, 11) is 1.79. The number of nitriles is 1. The second kappa shape index (κ2) is 8.83. The number of rotatable bonds is 7. The lowest BCUT2D eigenvalue weighted by molar-refractivity contribution is -0.129. The lowest BCUT2D eigenvalue weighted by atomic mass is 10.2. The summed E-state index contributed by atoms with van der Waals surface area (Å²) in [5, 5.41) is 8.80. The van der Waals surface area contributed by atoms with Gasteiger partial charge in [0.2, 0.25) is 11.8 Å². The molecule has 0 aromatic heterocycles. The zero-order valence-electron chi connectivity index (χ0n) is 13.5. The van der Waals surface area contributed by atoms with E-state index in [0.717, 1.165) is 19.4 Å². The van der Waals surface area contributed by atoms with Gasteiger partial charge < -0.3 is 9.80 Å². The first-order valence-corrected chi connectivity index (χ1v) is 7.51. The van der Waals surface area contributed by atoms with Gasteiger partial charge in [-0.25, -0.2) is 0 Å². The highest BCUT2D eigenvalue weighted by molar-refractivity contribution is 5.92. The molecule has 0 N–H and O–H groups in total. The summed E-state index contributed by atoms with van der Waals surface area (Å²) in [5.41, 5.74) is 1.25. The lowest BCUT2D eigenvalue weighted by Gasteiger charge is -2.23. The third-order valence-corrected chi connectivity index (χ3v) is 3.51. The first-order valence-electron chi connectivity index (χ1n) is 7.51. The highest BCUT2D eigenvalue weighted by Crippen LogP contribution is 2.16. The van der Waals surface area contributed by atoms with E-state index < -0.39 is 0 Å². The number of anilines is 1. The average Bonchev–Trinajstić information content (AvgIpc) is 2.52. The third-order valence-electron chi connectivity index (χ3n) is 3.51. The molecule has 5 nitrogen and oxygen atoms in total.